The quantitative estimate of drug-likeness (QED) is 0.856. The second kappa shape index (κ2) is 7.30. The Bertz CT molecular complexity index is 691. The first-order valence-corrected chi connectivity index (χ1v) is 9.31. The zero-order valence-corrected chi connectivity index (χ0v) is 15.3. The molecular weight excluding hydrogens is 320 g/mol. The molecule has 1 amide bonds. The zero-order chi connectivity index (χ0) is 17.1. The van der Waals surface area contributed by atoms with Gasteiger partial charge in [0.05, 0.1) is 6.42 Å². The predicted molar refractivity (Wildman–Crippen MR) is 97.7 cm³/mol. The number of amides is 1. The Morgan fingerprint density at radius 2 is 2.00 bits per heavy atom. The van der Waals surface area contributed by atoms with Gasteiger partial charge in [-0.15, -0.1) is 11.3 Å². The van der Waals surface area contributed by atoms with Gasteiger partial charge in [-0.25, -0.2) is 9.97 Å². The number of carbonyl (C=O) groups is 1. The molecule has 3 rings (SSSR count). The molecule has 1 aliphatic heterocycles. The van der Waals surface area contributed by atoms with Crippen LogP contribution in [-0.2, 0) is 11.2 Å². The van der Waals surface area contributed by atoms with E-state index in [1.165, 1.54) is 0 Å². The van der Waals surface area contributed by atoms with Crippen molar-refractivity contribution in [3.63, 3.8) is 0 Å². The number of aromatic nitrogens is 2. The van der Waals surface area contributed by atoms with Crippen LogP contribution in [0.5, 0.6) is 0 Å². The molecule has 5 nitrogen and oxygen atoms in total. The van der Waals surface area contributed by atoms with E-state index in [1.54, 1.807) is 11.3 Å². The fraction of sp³-hybridized carbons (Fsp3) is 0.500. The first-order valence-electron chi connectivity index (χ1n) is 8.43. The number of thiophene rings is 1. The molecule has 0 saturated carbocycles. The molecule has 1 aliphatic rings. The highest BCUT2D eigenvalue weighted by molar-refractivity contribution is 7.10. The zero-order valence-electron chi connectivity index (χ0n) is 14.5. The Balaban J connectivity index is 1.61. The Morgan fingerprint density at radius 1 is 1.25 bits per heavy atom. The summed E-state index contributed by atoms with van der Waals surface area (Å²) in [7, 11) is 0. The van der Waals surface area contributed by atoms with Crippen molar-refractivity contribution in [2.24, 2.45) is 0 Å². The van der Waals surface area contributed by atoms with Crippen molar-refractivity contribution in [2.75, 3.05) is 31.1 Å². The molecule has 24 heavy (non-hydrogen) atoms. The maximum Gasteiger partial charge on any atom is 0.227 e. The van der Waals surface area contributed by atoms with Gasteiger partial charge in [0.2, 0.25) is 5.91 Å². The van der Waals surface area contributed by atoms with Crippen LogP contribution < -0.4 is 4.90 Å². The van der Waals surface area contributed by atoms with Crippen LogP contribution in [-0.4, -0.2) is 47.0 Å². The number of rotatable bonds is 4. The van der Waals surface area contributed by atoms with E-state index < -0.39 is 0 Å². The molecule has 0 spiro atoms. The maximum atomic E-state index is 12.4. The SMILES string of the molecule is Cc1cc(N2CCN(C(=O)Cc3cccs3)CC2)nc(C(C)C)n1. The topological polar surface area (TPSA) is 49.3 Å². The molecule has 3 heterocycles. The lowest BCUT2D eigenvalue weighted by molar-refractivity contribution is -0.130. The van der Waals surface area contributed by atoms with E-state index in [2.05, 4.69) is 23.7 Å². The van der Waals surface area contributed by atoms with Gasteiger partial charge in [0, 0.05) is 48.7 Å². The first-order chi connectivity index (χ1) is 11.5. The monoisotopic (exact) mass is 344 g/mol. The smallest absolute Gasteiger partial charge is 0.227 e. The van der Waals surface area contributed by atoms with Crippen LogP contribution in [0.25, 0.3) is 0 Å². The summed E-state index contributed by atoms with van der Waals surface area (Å²) < 4.78 is 0. The summed E-state index contributed by atoms with van der Waals surface area (Å²) in [5.41, 5.74) is 1.000. The van der Waals surface area contributed by atoms with E-state index in [1.807, 2.05) is 35.4 Å². The highest BCUT2D eigenvalue weighted by Crippen LogP contribution is 2.19. The van der Waals surface area contributed by atoms with E-state index >= 15 is 0 Å². The minimum absolute atomic E-state index is 0.221. The summed E-state index contributed by atoms with van der Waals surface area (Å²) in [6, 6.07) is 6.06. The minimum Gasteiger partial charge on any atom is -0.353 e. The third kappa shape index (κ3) is 3.93. The predicted octanol–water partition coefficient (Wildman–Crippen LogP) is 2.86. The van der Waals surface area contributed by atoms with Crippen LogP contribution in [0.15, 0.2) is 23.6 Å². The Labute approximate surface area is 147 Å². The standard InChI is InChI=1S/C18H24N4OS/c1-13(2)18-19-14(3)11-16(20-18)21-6-8-22(9-7-21)17(23)12-15-5-4-10-24-15/h4-5,10-11,13H,6-9,12H2,1-3H3. The van der Waals surface area contributed by atoms with Crippen molar-refractivity contribution in [1.29, 1.82) is 0 Å². The van der Waals surface area contributed by atoms with Crippen molar-refractivity contribution in [1.82, 2.24) is 14.9 Å². The fourth-order valence-electron chi connectivity index (χ4n) is 2.85. The van der Waals surface area contributed by atoms with Crippen molar-refractivity contribution in [3.05, 3.63) is 40.0 Å². The maximum absolute atomic E-state index is 12.4. The van der Waals surface area contributed by atoms with Crippen LogP contribution in [0.2, 0.25) is 0 Å². The summed E-state index contributed by atoms with van der Waals surface area (Å²) in [6.07, 6.45) is 0.516. The molecule has 0 aliphatic carbocycles. The first kappa shape index (κ1) is 16.9. The summed E-state index contributed by atoms with van der Waals surface area (Å²) in [5, 5.41) is 2.02. The molecule has 128 valence electrons. The van der Waals surface area contributed by atoms with Gasteiger partial charge in [0.25, 0.3) is 0 Å². The molecule has 1 saturated heterocycles. The van der Waals surface area contributed by atoms with E-state index in [0.29, 0.717) is 12.3 Å². The number of anilines is 1. The highest BCUT2D eigenvalue weighted by Gasteiger charge is 2.23. The minimum atomic E-state index is 0.221. The van der Waals surface area contributed by atoms with Crippen LogP contribution in [0.4, 0.5) is 5.82 Å². The molecular formula is C18H24N4OS. The van der Waals surface area contributed by atoms with Crippen LogP contribution in [0, 0.1) is 6.92 Å². The molecule has 2 aromatic heterocycles. The van der Waals surface area contributed by atoms with E-state index in [9.17, 15) is 4.79 Å². The molecule has 0 radical (unpaired) electrons. The Hall–Kier alpha value is -1.95. The van der Waals surface area contributed by atoms with Gasteiger partial charge in [-0.3, -0.25) is 4.79 Å². The van der Waals surface area contributed by atoms with E-state index in [0.717, 1.165) is 48.4 Å². The average Bonchev–Trinajstić information content (AvgIpc) is 3.07. The third-order valence-electron chi connectivity index (χ3n) is 4.24. The van der Waals surface area contributed by atoms with Crippen LogP contribution in [0.1, 0.15) is 36.2 Å². The summed E-state index contributed by atoms with van der Waals surface area (Å²) in [5.74, 6) is 2.41. The second-order valence-corrected chi connectivity index (χ2v) is 7.54. The molecule has 0 N–H and O–H groups in total. The van der Waals surface area contributed by atoms with E-state index in [-0.39, 0.29) is 5.91 Å². The highest BCUT2D eigenvalue weighted by atomic mass is 32.1. The van der Waals surface area contributed by atoms with Gasteiger partial charge in [0.15, 0.2) is 0 Å². The van der Waals surface area contributed by atoms with Gasteiger partial charge in [0.1, 0.15) is 11.6 Å². The van der Waals surface area contributed by atoms with Crippen molar-refractivity contribution >= 4 is 23.1 Å². The second-order valence-electron chi connectivity index (χ2n) is 6.50. The largest absolute Gasteiger partial charge is 0.353 e. The lowest BCUT2D eigenvalue weighted by Crippen LogP contribution is -2.49. The van der Waals surface area contributed by atoms with Crippen LogP contribution in [0.3, 0.4) is 0 Å². The van der Waals surface area contributed by atoms with Crippen molar-refractivity contribution in [3.8, 4) is 0 Å². The van der Waals surface area contributed by atoms with Crippen molar-refractivity contribution in [2.45, 2.75) is 33.1 Å². The normalized spacial score (nSPS) is 15.2. The summed E-state index contributed by atoms with van der Waals surface area (Å²) in [6.45, 7) is 9.39. The fourth-order valence-corrected chi connectivity index (χ4v) is 3.55. The average molecular weight is 344 g/mol. The lowest BCUT2D eigenvalue weighted by Gasteiger charge is -2.35. The van der Waals surface area contributed by atoms with Gasteiger partial charge < -0.3 is 9.80 Å². The van der Waals surface area contributed by atoms with Gasteiger partial charge in [-0.1, -0.05) is 19.9 Å². The lowest BCUT2D eigenvalue weighted by atomic mass is 10.2. The molecule has 6 heteroatoms. The van der Waals surface area contributed by atoms with Crippen LogP contribution >= 0.6 is 11.3 Å². The number of hydrogen-bond donors (Lipinski definition) is 0. The van der Waals surface area contributed by atoms with Gasteiger partial charge in [-0.05, 0) is 18.4 Å². The number of hydrogen-bond acceptors (Lipinski definition) is 5. The molecule has 0 aromatic carbocycles. The molecule has 2 aromatic rings. The molecule has 0 unspecified atom stereocenters. The van der Waals surface area contributed by atoms with Gasteiger partial charge in [-0.2, -0.15) is 0 Å². The summed E-state index contributed by atoms with van der Waals surface area (Å²) in [4.78, 5) is 27.0. The van der Waals surface area contributed by atoms with Crippen molar-refractivity contribution < 1.29 is 4.79 Å². The molecule has 0 atom stereocenters. The summed E-state index contributed by atoms with van der Waals surface area (Å²) >= 11 is 1.64. The van der Waals surface area contributed by atoms with E-state index in [4.69, 9.17) is 4.98 Å². The third-order valence-corrected chi connectivity index (χ3v) is 5.11. The molecule has 1 fully saturated rings. The number of nitrogens with zero attached hydrogens (tertiary/aromatic N) is 4. The number of aryl methyl sites for hydroxylation is 1. The number of piperazine rings is 1. The Kier molecular flexibility index (Phi) is 5.14. The van der Waals surface area contributed by atoms with Gasteiger partial charge >= 0.3 is 0 Å². The Morgan fingerprint density at radius 3 is 2.62 bits per heavy atom. The number of carbonyl (C=O) groups excluding carboxylic acids is 1. The molecule has 0 bridgehead atoms.